The van der Waals surface area contributed by atoms with Crippen LogP contribution in [-0.4, -0.2) is 16.2 Å². The van der Waals surface area contributed by atoms with Crippen molar-refractivity contribution in [3.63, 3.8) is 0 Å². The maximum absolute atomic E-state index is 13.3. The van der Waals surface area contributed by atoms with Crippen molar-refractivity contribution >= 4 is 21.9 Å². The SMILES string of the molecule is CCCC(C(=O)O)C(O)c1ccc(Br)c(F)c1. The summed E-state index contributed by atoms with van der Waals surface area (Å²) in [6.07, 6.45) is -0.184. The Balaban J connectivity index is 2.96. The van der Waals surface area contributed by atoms with Gasteiger partial charge in [-0.15, -0.1) is 0 Å². The van der Waals surface area contributed by atoms with E-state index in [-0.39, 0.29) is 10.0 Å². The highest BCUT2D eigenvalue weighted by Gasteiger charge is 2.27. The van der Waals surface area contributed by atoms with Gasteiger partial charge in [0, 0.05) is 0 Å². The number of carboxylic acids is 1. The minimum atomic E-state index is -1.19. The molecule has 1 rings (SSSR count). The first kappa shape index (κ1) is 14.1. The summed E-state index contributed by atoms with van der Waals surface area (Å²) < 4.78 is 13.6. The number of carbonyl (C=O) groups is 1. The quantitative estimate of drug-likeness (QED) is 0.878. The Morgan fingerprint density at radius 2 is 2.18 bits per heavy atom. The van der Waals surface area contributed by atoms with Gasteiger partial charge in [0.15, 0.2) is 0 Å². The Kier molecular flexibility index (Phi) is 5.08. The molecule has 0 aliphatic rings. The molecule has 0 bridgehead atoms. The summed E-state index contributed by atoms with van der Waals surface area (Å²) in [7, 11) is 0. The molecule has 0 amide bonds. The highest BCUT2D eigenvalue weighted by Crippen LogP contribution is 2.28. The number of aliphatic hydroxyl groups is 1. The average Bonchev–Trinajstić information content (AvgIpc) is 2.28. The van der Waals surface area contributed by atoms with Crippen molar-refractivity contribution in [1.82, 2.24) is 0 Å². The summed E-state index contributed by atoms with van der Waals surface area (Å²) in [4.78, 5) is 11.0. The molecule has 0 aliphatic heterocycles. The van der Waals surface area contributed by atoms with Gasteiger partial charge >= 0.3 is 5.97 Å². The summed E-state index contributed by atoms with van der Waals surface area (Å²) in [5.74, 6) is -2.48. The summed E-state index contributed by atoms with van der Waals surface area (Å²) in [6.45, 7) is 1.84. The zero-order valence-electron chi connectivity index (χ0n) is 9.36. The molecule has 0 heterocycles. The Morgan fingerprint density at radius 3 is 2.65 bits per heavy atom. The fourth-order valence-corrected chi connectivity index (χ4v) is 1.90. The van der Waals surface area contributed by atoms with Gasteiger partial charge in [-0.05, 0) is 40.0 Å². The van der Waals surface area contributed by atoms with E-state index >= 15 is 0 Å². The zero-order valence-corrected chi connectivity index (χ0v) is 10.9. The fraction of sp³-hybridized carbons (Fsp3) is 0.417. The molecule has 3 nitrogen and oxygen atoms in total. The topological polar surface area (TPSA) is 57.5 Å². The molecule has 0 aromatic heterocycles. The van der Waals surface area contributed by atoms with Gasteiger partial charge < -0.3 is 10.2 Å². The van der Waals surface area contributed by atoms with E-state index in [1.54, 1.807) is 0 Å². The van der Waals surface area contributed by atoms with Gasteiger partial charge in [0.25, 0.3) is 0 Å². The molecular weight excluding hydrogens is 291 g/mol. The van der Waals surface area contributed by atoms with Crippen LogP contribution in [0.4, 0.5) is 4.39 Å². The second-order valence-electron chi connectivity index (χ2n) is 3.85. The maximum atomic E-state index is 13.3. The largest absolute Gasteiger partial charge is 0.481 e. The summed E-state index contributed by atoms with van der Waals surface area (Å²) in [6, 6.07) is 4.13. The standard InChI is InChI=1S/C12H14BrFO3/c1-2-3-8(12(16)17)11(15)7-4-5-9(13)10(14)6-7/h4-6,8,11,15H,2-3H2,1H3,(H,16,17). The number of benzene rings is 1. The molecule has 0 saturated carbocycles. The van der Waals surface area contributed by atoms with E-state index in [0.29, 0.717) is 12.8 Å². The van der Waals surface area contributed by atoms with Crippen molar-refractivity contribution in [1.29, 1.82) is 0 Å². The maximum Gasteiger partial charge on any atom is 0.309 e. The molecule has 0 fully saturated rings. The molecule has 2 N–H and O–H groups in total. The van der Waals surface area contributed by atoms with Crippen molar-refractivity contribution in [3.8, 4) is 0 Å². The van der Waals surface area contributed by atoms with Crippen molar-refractivity contribution in [2.75, 3.05) is 0 Å². The fourth-order valence-electron chi connectivity index (χ4n) is 1.66. The Labute approximate surface area is 107 Å². The van der Waals surface area contributed by atoms with Gasteiger partial charge in [-0.1, -0.05) is 19.4 Å². The lowest BCUT2D eigenvalue weighted by Gasteiger charge is -2.19. The average molecular weight is 305 g/mol. The summed E-state index contributed by atoms with van der Waals surface area (Å²) in [5.41, 5.74) is 0.284. The van der Waals surface area contributed by atoms with Crippen LogP contribution in [0.15, 0.2) is 22.7 Å². The first-order valence-corrected chi connectivity index (χ1v) is 6.12. The van der Waals surface area contributed by atoms with E-state index in [4.69, 9.17) is 5.11 Å². The summed E-state index contributed by atoms with van der Waals surface area (Å²) in [5, 5.41) is 18.9. The lowest BCUT2D eigenvalue weighted by atomic mass is 9.92. The number of halogens is 2. The van der Waals surface area contributed by atoms with Crippen LogP contribution in [0.25, 0.3) is 0 Å². The number of hydrogen-bond donors (Lipinski definition) is 2. The van der Waals surface area contributed by atoms with E-state index < -0.39 is 23.8 Å². The molecule has 2 atom stereocenters. The third kappa shape index (κ3) is 3.51. The minimum absolute atomic E-state index is 0.284. The highest BCUT2D eigenvalue weighted by atomic mass is 79.9. The van der Waals surface area contributed by atoms with Crippen LogP contribution in [0.1, 0.15) is 31.4 Å². The zero-order chi connectivity index (χ0) is 13.0. The molecule has 0 spiro atoms. The van der Waals surface area contributed by atoms with Crippen molar-refractivity contribution < 1.29 is 19.4 Å². The first-order chi connectivity index (χ1) is 7.97. The number of aliphatic carboxylic acids is 1. The minimum Gasteiger partial charge on any atom is -0.481 e. The van der Waals surface area contributed by atoms with Crippen molar-refractivity contribution in [3.05, 3.63) is 34.1 Å². The number of carboxylic acid groups (broad SMARTS) is 1. The van der Waals surface area contributed by atoms with E-state index in [0.717, 1.165) is 6.07 Å². The van der Waals surface area contributed by atoms with Gasteiger partial charge in [-0.25, -0.2) is 4.39 Å². The second kappa shape index (κ2) is 6.12. The Bertz CT molecular complexity index is 409. The van der Waals surface area contributed by atoms with Crippen LogP contribution >= 0.6 is 15.9 Å². The molecular formula is C12H14BrFO3. The lowest BCUT2D eigenvalue weighted by molar-refractivity contribution is -0.146. The van der Waals surface area contributed by atoms with E-state index in [9.17, 15) is 14.3 Å². The number of rotatable bonds is 5. The predicted molar refractivity (Wildman–Crippen MR) is 65.1 cm³/mol. The van der Waals surface area contributed by atoms with E-state index in [1.807, 2.05) is 6.92 Å². The van der Waals surface area contributed by atoms with E-state index in [1.165, 1.54) is 12.1 Å². The van der Waals surface area contributed by atoms with Crippen LogP contribution in [0.3, 0.4) is 0 Å². The molecule has 94 valence electrons. The van der Waals surface area contributed by atoms with Crippen LogP contribution in [0.2, 0.25) is 0 Å². The van der Waals surface area contributed by atoms with Crippen LogP contribution in [0, 0.1) is 11.7 Å². The third-order valence-electron chi connectivity index (χ3n) is 2.58. The Morgan fingerprint density at radius 1 is 1.53 bits per heavy atom. The molecule has 0 radical (unpaired) electrons. The third-order valence-corrected chi connectivity index (χ3v) is 3.23. The Hall–Kier alpha value is -0.940. The number of aliphatic hydroxyl groups excluding tert-OH is 1. The van der Waals surface area contributed by atoms with Gasteiger partial charge in [-0.2, -0.15) is 0 Å². The van der Waals surface area contributed by atoms with Gasteiger partial charge in [0.05, 0.1) is 16.5 Å². The first-order valence-electron chi connectivity index (χ1n) is 5.33. The monoisotopic (exact) mass is 304 g/mol. The van der Waals surface area contributed by atoms with Crippen LogP contribution < -0.4 is 0 Å². The highest BCUT2D eigenvalue weighted by molar-refractivity contribution is 9.10. The van der Waals surface area contributed by atoms with Gasteiger partial charge in [0.1, 0.15) is 5.82 Å². The van der Waals surface area contributed by atoms with Crippen molar-refractivity contribution in [2.24, 2.45) is 5.92 Å². The smallest absolute Gasteiger partial charge is 0.309 e. The van der Waals surface area contributed by atoms with Crippen molar-refractivity contribution in [2.45, 2.75) is 25.9 Å². The second-order valence-corrected chi connectivity index (χ2v) is 4.71. The molecule has 0 aliphatic carbocycles. The number of hydrogen-bond acceptors (Lipinski definition) is 2. The van der Waals surface area contributed by atoms with Crippen LogP contribution in [0.5, 0.6) is 0 Å². The molecule has 5 heteroatoms. The van der Waals surface area contributed by atoms with E-state index in [2.05, 4.69) is 15.9 Å². The van der Waals surface area contributed by atoms with Gasteiger partial charge in [0.2, 0.25) is 0 Å². The normalized spacial score (nSPS) is 14.4. The summed E-state index contributed by atoms with van der Waals surface area (Å²) >= 11 is 3.00. The molecule has 17 heavy (non-hydrogen) atoms. The molecule has 2 unspecified atom stereocenters. The predicted octanol–water partition coefficient (Wildman–Crippen LogP) is 3.12. The van der Waals surface area contributed by atoms with Crippen LogP contribution in [-0.2, 0) is 4.79 Å². The van der Waals surface area contributed by atoms with Gasteiger partial charge in [-0.3, -0.25) is 4.79 Å². The molecule has 1 aromatic rings. The molecule has 0 saturated heterocycles. The lowest BCUT2D eigenvalue weighted by Crippen LogP contribution is -2.22. The molecule has 1 aromatic carbocycles.